The number of furan rings is 1. The molecule has 2 heterocycles. The zero-order valence-corrected chi connectivity index (χ0v) is 12.7. The molecule has 3 aromatic rings. The minimum absolute atomic E-state index is 0.0130. The van der Waals surface area contributed by atoms with Crippen molar-refractivity contribution in [2.75, 3.05) is 10.7 Å². The van der Waals surface area contributed by atoms with Crippen molar-refractivity contribution in [2.45, 2.75) is 0 Å². The van der Waals surface area contributed by atoms with Gasteiger partial charge in [-0.3, -0.25) is 25.8 Å². The van der Waals surface area contributed by atoms with E-state index in [-0.39, 0.29) is 17.4 Å². The van der Waals surface area contributed by atoms with E-state index < -0.39 is 16.5 Å². The highest BCUT2D eigenvalue weighted by atomic mass is 16.6. The summed E-state index contributed by atoms with van der Waals surface area (Å²) in [4.78, 5) is 30.3. The van der Waals surface area contributed by atoms with Crippen LogP contribution < -0.4 is 16.2 Å². The van der Waals surface area contributed by atoms with Crippen LogP contribution in [0.5, 0.6) is 0 Å². The van der Waals surface area contributed by atoms with Gasteiger partial charge in [0.2, 0.25) is 11.6 Å². The topological polar surface area (TPSA) is 135 Å². The predicted molar refractivity (Wildman–Crippen MR) is 88.2 cm³/mol. The van der Waals surface area contributed by atoms with Gasteiger partial charge in [0.25, 0.3) is 0 Å². The third-order valence-corrected chi connectivity index (χ3v) is 3.08. The first-order valence-corrected chi connectivity index (χ1v) is 7.06. The van der Waals surface area contributed by atoms with E-state index in [4.69, 9.17) is 4.42 Å². The minimum atomic E-state index is -0.646. The van der Waals surface area contributed by atoms with Crippen LogP contribution in [-0.2, 0) is 0 Å². The first-order valence-electron chi connectivity index (χ1n) is 7.06. The smallest absolute Gasteiger partial charge is 0.355 e. The highest BCUT2D eigenvalue weighted by molar-refractivity contribution is 5.92. The summed E-state index contributed by atoms with van der Waals surface area (Å²) < 4.78 is 4.93. The molecule has 1 amide bonds. The Labute approximate surface area is 141 Å². The highest BCUT2D eigenvalue weighted by Crippen LogP contribution is 2.30. The molecule has 0 radical (unpaired) electrons. The summed E-state index contributed by atoms with van der Waals surface area (Å²) in [7, 11) is 0. The fraction of sp³-hybridized carbons (Fsp3) is 0. The number of hydrogen-bond acceptors (Lipinski definition) is 8. The summed E-state index contributed by atoms with van der Waals surface area (Å²) in [5.41, 5.74) is 4.91. The molecule has 1 aromatic carbocycles. The Morgan fingerprint density at radius 1 is 1.08 bits per heavy atom. The summed E-state index contributed by atoms with van der Waals surface area (Å²) in [5.74, 6) is -0.735. The Balaban J connectivity index is 1.82. The molecule has 25 heavy (non-hydrogen) atoms. The number of carbonyl (C=O) groups is 1. The van der Waals surface area contributed by atoms with Gasteiger partial charge in [0, 0.05) is 5.69 Å². The Bertz CT molecular complexity index is 882. The molecule has 0 aliphatic carbocycles. The molecule has 0 unspecified atom stereocenters. The van der Waals surface area contributed by atoms with Gasteiger partial charge in [0.1, 0.15) is 6.33 Å². The number of nitro groups is 1. The molecule has 10 nitrogen and oxygen atoms in total. The monoisotopic (exact) mass is 340 g/mol. The number of nitrogens with one attached hydrogen (secondary N) is 3. The van der Waals surface area contributed by atoms with Gasteiger partial charge in [-0.1, -0.05) is 18.2 Å². The number of hydrazine groups is 1. The molecule has 3 N–H and O–H groups in total. The Kier molecular flexibility index (Phi) is 4.51. The number of anilines is 3. The van der Waals surface area contributed by atoms with Crippen molar-refractivity contribution in [3.8, 4) is 0 Å². The second-order valence-electron chi connectivity index (χ2n) is 4.72. The fourth-order valence-corrected chi connectivity index (χ4v) is 1.98. The van der Waals surface area contributed by atoms with Gasteiger partial charge in [0.05, 0.1) is 11.2 Å². The van der Waals surface area contributed by atoms with Gasteiger partial charge in [-0.15, -0.1) is 0 Å². The summed E-state index contributed by atoms with van der Waals surface area (Å²) in [6, 6.07) is 11.8. The van der Waals surface area contributed by atoms with Gasteiger partial charge in [-0.05, 0) is 24.3 Å². The molecule has 10 heteroatoms. The lowest BCUT2D eigenvalue weighted by atomic mass is 10.3. The first-order chi connectivity index (χ1) is 12.1. The highest BCUT2D eigenvalue weighted by Gasteiger charge is 2.24. The number of nitrogens with zero attached hydrogens (tertiary/aromatic N) is 3. The maximum Gasteiger partial charge on any atom is 0.355 e. The van der Waals surface area contributed by atoms with Crippen molar-refractivity contribution >= 4 is 28.9 Å². The molecular weight excluding hydrogens is 328 g/mol. The van der Waals surface area contributed by atoms with Gasteiger partial charge in [-0.2, -0.15) is 0 Å². The Morgan fingerprint density at radius 2 is 1.84 bits per heavy atom. The molecule has 0 bridgehead atoms. The van der Waals surface area contributed by atoms with Crippen LogP contribution in [0.4, 0.5) is 23.0 Å². The fourth-order valence-electron chi connectivity index (χ4n) is 1.98. The summed E-state index contributed by atoms with van der Waals surface area (Å²) in [5, 5.41) is 14.3. The molecule has 3 rings (SSSR count). The predicted octanol–water partition coefficient (Wildman–Crippen LogP) is 2.48. The van der Waals surface area contributed by atoms with E-state index in [0.717, 1.165) is 6.33 Å². The molecule has 0 saturated carbocycles. The van der Waals surface area contributed by atoms with Gasteiger partial charge in [0.15, 0.2) is 5.76 Å². The lowest BCUT2D eigenvalue weighted by Crippen LogP contribution is -2.30. The number of amides is 1. The maximum atomic E-state index is 11.8. The van der Waals surface area contributed by atoms with E-state index in [1.54, 1.807) is 30.3 Å². The molecular formula is C15H12N6O4. The second-order valence-corrected chi connectivity index (χ2v) is 4.72. The zero-order valence-electron chi connectivity index (χ0n) is 12.7. The van der Waals surface area contributed by atoms with Crippen molar-refractivity contribution in [3.63, 3.8) is 0 Å². The zero-order chi connectivity index (χ0) is 17.6. The van der Waals surface area contributed by atoms with Crippen LogP contribution in [0.2, 0.25) is 0 Å². The number of hydrogen-bond donors (Lipinski definition) is 3. The Morgan fingerprint density at radius 3 is 2.52 bits per heavy atom. The minimum Gasteiger partial charge on any atom is -0.459 e. The molecule has 0 fully saturated rings. The lowest BCUT2D eigenvalue weighted by molar-refractivity contribution is -0.383. The number of para-hydroxylation sites is 1. The van der Waals surface area contributed by atoms with E-state index in [0.29, 0.717) is 5.69 Å². The van der Waals surface area contributed by atoms with E-state index >= 15 is 0 Å². The van der Waals surface area contributed by atoms with Crippen LogP contribution >= 0.6 is 0 Å². The molecule has 0 saturated heterocycles. The van der Waals surface area contributed by atoms with Crippen molar-refractivity contribution in [1.29, 1.82) is 0 Å². The summed E-state index contributed by atoms with van der Waals surface area (Å²) in [6.45, 7) is 0. The molecule has 0 spiro atoms. The van der Waals surface area contributed by atoms with E-state index in [2.05, 4.69) is 26.1 Å². The number of rotatable bonds is 6. The first kappa shape index (κ1) is 15.9. The van der Waals surface area contributed by atoms with Crippen LogP contribution in [-0.4, -0.2) is 20.8 Å². The maximum absolute atomic E-state index is 11.8. The molecule has 0 atom stereocenters. The average molecular weight is 340 g/mol. The normalized spacial score (nSPS) is 10.1. The largest absolute Gasteiger partial charge is 0.459 e. The van der Waals surface area contributed by atoms with Gasteiger partial charge in [-0.25, -0.2) is 9.97 Å². The quantitative estimate of drug-likeness (QED) is 0.460. The lowest BCUT2D eigenvalue weighted by Gasteiger charge is -2.10. The third-order valence-electron chi connectivity index (χ3n) is 3.08. The number of benzene rings is 1. The van der Waals surface area contributed by atoms with E-state index in [1.165, 1.54) is 12.3 Å². The van der Waals surface area contributed by atoms with Crippen molar-refractivity contribution in [3.05, 3.63) is 70.9 Å². The number of aromatic nitrogens is 2. The molecule has 126 valence electrons. The average Bonchev–Trinajstić information content (AvgIpc) is 3.15. The molecule has 2 aromatic heterocycles. The standard InChI is InChI=1S/C15H12N6O4/c22-15(11-7-4-8-25-11)20-19-14-12(21(23)24)13(16-9-17-14)18-10-5-2-1-3-6-10/h1-9H,(H,20,22)(H2,16,17,18,19). The third kappa shape index (κ3) is 3.69. The molecule has 0 aliphatic rings. The van der Waals surface area contributed by atoms with Crippen LogP contribution in [0.15, 0.2) is 59.5 Å². The van der Waals surface area contributed by atoms with Gasteiger partial charge >= 0.3 is 11.6 Å². The van der Waals surface area contributed by atoms with Crippen molar-refractivity contribution in [2.24, 2.45) is 0 Å². The van der Waals surface area contributed by atoms with Crippen LogP contribution in [0.25, 0.3) is 0 Å². The SMILES string of the molecule is O=C(NNc1ncnc(Nc2ccccc2)c1[N+](=O)[O-])c1ccco1. The number of carbonyl (C=O) groups excluding carboxylic acids is 1. The molecule has 0 aliphatic heterocycles. The van der Waals surface area contributed by atoms with Crippen LogP contribution in [0.1, 0.15) is 10.6 Å². The van der Waals surface area contributed by atoms with Crippen molar-refractivity contribution in [1.82, 2.24) is 15.4 Å². The van der Waals surface area contributed by atoms with E-state index in [1.807, 2.05) is 6.07 Å². The van der Waals surface area contributed by atoms with E-state index in [9.17, 15) is 14.9 Å². The summed E-state index contributed by atoms with van der Waals surface area (Å²) >= 11 is 0. The van der Waals surface area contributed by atoms with Crippen LogP contribution in [0, 0.1) is 10.1 Å². The van der Waals surface area contributed by atoms with Gasteiger partial charge < -0.3 is 9.73 Å². The Hall–Kier alpha value is -3.95. The second kappa shape index (κ2) is 7.08. The summed E-state index contributed by atoms with van der Waals surface area (Å²) in [6.07, 6.45) is 2.48. The van der Waals surface area contributed by atoms with Crippen LogP contribution in [0.3, 0.4) is 0 Å². The van der Waals surface area contributed by atoms with Crippen molar-refractivity contribution < 1.29 is 14.1 Å².